The van der Waals surface area contributed by atoms with Crippen molar-refractivity contribution in [1.29, 1.82) is 0 Å². The van der Waals surface area contributed by atoms with E-state index in [0.717, 1.165) is 25.0 Å². The van der Waals surface area contributed by atoms with Crippen molar-refractivity contribution in [1.82, 2.24) is 0 Å². The Kier molecular flexibility index (Phi) is 2.77. The number of benzene rings is 1. The molecule has 6 heteroatoms. The standard InChI is InChI=1S/C11H11F4NO/c12-9-2-1-7(5-8(9)11(13,14)15)17-6-10(16)3-4-10/h1-2,5H,3-4,6,16H2. The predicted octanol–water partition coefficient (Wildman–Crippen LogP) is 2.71. The van der Waals surface area contributed by atoms with Gasteiger partial charge in [-0.15, -0.1) is 0 Å². The van der Waals surface area contributed by atoms with Crippen LogP contribution in [0.15, 0.2) is 18.2 Å². The van der Waals surface area contributed by atoms with Crippen molar-refractivity contribution in [2.45, 2.75) is 24.6 Å². The number of nitrogens with two attached hydrogens (primary N) is 1. The van der Waals surface area contributed by atoms with Crippen LogP contribution >= 0.6 is 0 Å². The molecule has 0 amide bonds. The van der Waals surface area contributed by atoms with Gasteiger partial charge in [0.05, 0.1) is 11.1 Å². The Balaban J connectivity index is 2.13. The van der Waals surface area contributed by atoms with Crippen molar-refractivity contribution >= 4 is 0 Å². The Hall–Kier alpha value is -1.30. The summed E-state index contributed by atoms with van der Waals surface area (Å²) in [7, 11) is 0. The molecule has 1 fully saturated rings. The fraction of sp³-hybridized carbons (Fsp3) is 0.455. The van der Waals surface area contributed by atoms with E-state index in [1.165, 1.54) is 0 Å². The van der Waals surface area contributed by atoms with Crippen LogP contribution in [0.1, 0.15) is 18.4 Å². The molecule has 2 rings (SSSR count). The van der Waals surface area contributed by atoms with Crippen molar-refractivity contribution in [2.24, 2.45) is 5.73 Å². The third kappa shape index (κ3) is 2.88. The smallest absolute Gasteiger partial charge is 0.419 e. The summed E-state index contributed by atoms with van der Waals surface area (Å²) in [6.07, 6.45) is -3.13. The molecule has 1 saturated carbocycles. The molecule has 0 aromatic heterocycles. The summed E-state index contributed by atoms with van der Waals surface area (Å²) in [5.74, 6) is -1.32. The highest BCUT2D eigenvalue weighted by atomic mass is 19.4. The highest BCUT2D eigenvalue weighted by Gasteiger charge is 2.39. The zero-order valence-corrected chi connectivity index (χ0v) is 8.85. The lowest BCUT2D eigenvalue weighted by Gasteiger charge is -2.13. The molecule has 0 unspecified atom stereocenters. The van der Waals surface area contributed by atoms with Gasteiger partial charge in [-0.25, -0.2) is 4.39 Å². The van der Waals surface area contributed by atoms with Crippen LogP contribution in [0.2, 0.25) is 0 Å². The molecule has 2 nitrogen and oxygen atoms in total. The Morgan fingerprint density at radius 1 is 1.29 bits per heavy atom. The Morgan fingerprint density at radius 3 is 2.47 bits per heavy atom. The number of halogens is 4. The largest absolute Gasteiger partial charge is 0.492 e. The minimum atomic E-state index is -4.72. The molecule has 0 spiro atoms. The molecule has 0 radical (unpaired) electrons. The van der Waals surface area contributed by atoms with Gasteiger partial charge in [-0.05, 0) is 31.0 Å². The molecule has 0 atom stereocenters. The molecule has 1 aliphatic carbocycles. The van der Waals surface area contributed by atoms with E-state index in [-0.39, 0.29) is 12.4 Å². The van der Waals surface area contributed by atoms with Crippen LogP contribution in [0.3, 0.4) is 0 Å². The van der Waals surface area contributed by atoms with E-state index in [1.54, 1.807) is 0 Å². The van der Waals surface area contributed by atoms with Gasteiger partial charge in [0, 0.05) is 0 Å². The number of ether oxygens (including phenoxy) is 1. The molecule has 17 heavy (non-hydrogen) atoms. The Morgan fingerprint density at radius 2 is 1.94 bits per heavy atom. The van der Waals surface area contributed by atoms with E-state index < -0.39 is 23.1 Å². The topological polar surface area (TPSA) is 35.2 Å². The summed E-state index contributed by atoms with van der Waals surface area (Å²) < 4.78 is 55.3. The molecule has 1 aromatic rings. The first kappa shape index (κ1) is 12.2. The molecule has 1 aliphatic rings. The Labute approximate surface area is 95.4 Å². The van der Waals surface area contributed by atoms with E-state index in [1.807, 2.05) is 0 Å². The fourth-order valence-corrected chi connectivity index (χ4v) is 1.34. The molecular weight excluding hydrogens is 238 g/mol. The van der Waals surface area contributed by atoms with E-state index >= 15 is 0 Å². The van der Waals surface area contributed by atoms with Crippen LogP contribution in [0, 0.1) is 5.82 Å². The van der Waals surface area contributed by atoms with E-state index in [0.29, 0.717) is 6.07 Å². The van der Waals surface area contributed by atoms with Gasteiger partial charge in [0.1, 0.15) is 18.2 Å². The molecule has 94 valence electrons. The normalized spacial score (nSPS) is 17.9. The van der Waals surface area contributed by atoms with Gasteiger partial charge in [0.25, 0.3) is 0 Å². The van der Waals surface area contributed by atoms with Crippen molar-refractivity contribution in [3.05, 3.63) is 29.6 Å². The number of alkyl halides is 3. The fourth-order valence-electron chi connectivity index (χ4n) is 1.34. The first-order valence-electron chi connectivity index (χ1n) is 5.09. The van der Waals surface area contributed by atoms with Gasteiger partial charge >= 0.3 is 6.18 Å². The molecule has 0 bridgehead atoms. The summed E-state index contributed by atoms with van der Waals surface area (Å²) in [6, 6.07) is 2.56. The summed E-state index contributed by atoms with van der Waals surface area (Å²) in [5.41, 5.74) is 3.98. The van der Waals surface area contributed by atoms with Crippen LogP contribution in [-0.2, 0) is 6.18 Å². The van der Waals surface area contributed by atoms with E-state index in [9.17, 15) is 17.6 Å². The highest BCUT2D eigenvalue weighted by Crippen LogP contribution is 2.35. The van der Waals surface area contributed by atoms with Gasteiger partial charge in [-0.3, -0.25) is 0 Å². The van der Waals surface area contributed by atoms with Crippen LogP contribution in [0.4, 0.5) is 17.6 Å². The van der Waals surface area contributed by atoms with Crippen LogP contribution in [-0.4, -0.2) is 12.1 Å². The van der Waals surface area contributed by atoms with Gasteiger partial charge in [-0.2, -0.15) is 13.2 Å². The molecular formula is C11H11F4NO. The second kappa shape index (κ2) is 3.87. The first-order chi connectivity index (χ1) is 7.80. The van der Waals surface area contributed by atoms with E-state index in [4.69, 9.17) is 10.5 Å². The quantitative estimate of drug-likeness (QED) is 0.836. The summed E-state index contributed by atoms with van der Waals surface area (Å²) in [5, 5.41) is 0. The molecule has 0 saturated heterocycles. The lowest BCUT2D eigenvalue weighted by Crippen LogP contribution is -2.29. The van der Waals surface area contributed by atoms with Crippen LogP contribution in [0.5, 0.6) is 5.75 Å². The predicted molar refractivity (Wildman–Crippen MR) is 53.0 cm³/mol. The summed E-state index contributed by atoms with van der Waals surface area (Å²) >= 11 is 0. The number of rotatable bonds is 3. The third-order valence-electron chi connectivity index (χ3n) is 2.66. The zero-order valence-electron chi connectivity index (χ0n) is 8.85. The maximum absolute atomic E-state index is 13.0. The third-order valence-corrected chi connectivity index (χ3v) is 2.66. The van der Waals surface area contributed by atoms with Gasteiger partial charge in [0.15, 0.2) is 0 Å². The molecule has 2 N–H and O–H groups in total. The maximum Gasteiger partial charge on any atom is 0.419 e. The average Bonchev–Trinajstić information content (AvgIpc) is 2.94. The second-order valence-corrected chi connectivity index (χ2v) is 4.29. The maximum atomic E-state index is 13.0. The van der Waals surface area contributed by atoms with Crippen LogP contribution in [0.25, 0.3) is 0 Å². The first-order valence-corrected chi connectivity index (χ1v) is 5.09. The summed E-state index contributed by atoms with van der Waals surface area (Å²) in [6.45, 7) is 0.149. The molecule has 0 heterocycles. The Bertz CT molecular complexity index is 426. The second-order valence-electron chi connectivity index (χ2n) is 4.29. The molecule has 0 aliphatic heterocycles. The highest BCUT2D eigenvalue weighted by molar-refractivity contribution is 5.31. The molecule has 1 aromatic carbocycles. The monoisotopic (exact) mass is 249 g/mol. The average molecular weight is 249 g/mol. The van der Waals surface area contributed by atoms with E-state index in [2.05, 4.69) is 0 Å². The van der Waals surface area contributed by atoms with Crippen molar-refractivity contribution in [3.8, 4) is 5.75 Å². The van der Waals surface area contributed by atoms with Crippen LogP contribution < -0.4 is 10.5 Å². The minimum absolute atomic E-state index is 0.0181. The number of hydrogen-bond acceptors (Lipinski definition) is 2. The van der Waals surface area contributed by atoms with Gasteiger partial charge < -0.3 is 10.5 Å². The SMILES string of the molecule is NC1(COc2ccc(F)c(C(F)(F)F)c2)CC1. The lowest BCUT2D eigenvalue weighted by atomic mass is 10.2. The van der Waals surface area contributed by atoms with Crippen molar-refractivity contribution in [2.75, 3.05) is 6.61 Å². The van der Waals surface area contributed by atoms with Gasteiger partial charge in [0.2, 0.25) is 0 Å². The lowest BCUT2D eigenvalue weighted by molar-refractivity contribution is -0.140. The van der Waals surface area contributed by atoms with Crippen molar-refractivity contribution < 1.29 is 22.3 Å². The number of hydrogen-bond donors (Lipinski definition) is 1. The zero-order chi connectivity index (χ0) is 12.7. The van der Waals surface area contributed by atoms with Gasteiger partial charge in [-0.1, -0.05) is 0 Å². The minimum Gasteiger partial charge on any atom is -0.492 e. The summed E-state index contributed by atoms with van der Waals surface area (Å²) in [4.78, 5) is 0. The van der Waals surface area contributed by atoms with Crippen molar-refractivity contribution in [3.63, 3.8) is 0 Å².